The van der Waals surface area contributed by atoms with Gasteiger partial charge < -0.3 is 10.5 Å². The average molecular weight is 201 g/mol. The Morgan fingerprint density at radius 2 is 1.80 bits per heavy atom. The van der Waals surface area contributed by atoms with Crippen molar-refractivity contribution in [3.63, 3.8) is 0 Å². The number of nitrogens with zero attached hydrogens (tertiary/aromatic N) is 2. The van der Waals surface area contributed by atoms with Crippen molar-refractivity contribution in [2.45, 2.75) is 0 Å². The van der Waals surface area contributed by atoms with Gasteiger partial charge in [0.1, 0.15) is 12.1 Å². The van der Waals surface area contributed by atoms with E-state index in [0.29, 0.717) is 0 Å². The van der Waals surface area contributed by atoms with Crippen LogP contribution in [0.25, 0.3) is 0 Å². The monoisotopic (exact) mass is 201 g/mol. The normalized spacial score (nSPS) is 8.73. The predicted octanol–water partition coefficient (Wildman–Crippen LogP) is 0.799. The van der Waals surface area contributed by atoms with Gasteiger partial charge in [-0.25, -0.2) is 4.79 Å². The van der Waals surface area contributed by atoms with Crippen LogP contribution < -0.4 is 5.73 Å². The van der Waals surface area contributed by atoms with Crippen LogP contribution in [-0.4, -0.2) is 13.1 Å². The first-order chi connectivity index (χ1) is 7.13. The Kier molecular flexibility index (Phi) is 2.90. The van der Waals surface area contributed by atoms with E-state index in [1.807, 2.05) is 0 Å². The van der Waals surface area contributed by atoms with Crippen LogP contribution in [0.5, 0.6) is 0 Å². The van der Waals surface area contributed by atoms with E-state index >= 15 is 0 Å². The fourth-order valence-electron chi connectivity index (χ4n) is 1.07. The van der Waals surface area contributed by atoms with Crippen molar-refractivity contribution in [1.82, 2.24) is 0 Å². The zero-order valence-corrected chi connectivity index (χ0v) is 7.94. The third-order valence-corrected chi connectivity index (χ3v) is 1.84. The first-order valence-corrected chi connectivity index (χ1v) is 3.96. The number of carbonyl (C=O) groups excluding carboxylic acids is 1. The van der Waals surface area contributed by atoms with Gasteiger partial charge in [0.15, 0.2) is 0 Å². The molecule has 0 saturated carbocycles. The minimum absolute atomic E-state index is 0.0765. The summed E-state index contributed by atoms with van der Waals surface area (Å²) >= 11 is 0. The highest BCUT2D eigenvalue weighted by atomic mass is 16.5. The van der Waals surface area contributed by atoms with Crippen molar-refractivity contribution < 1.29 is 9.53 Å². The number of hydrogen-bond donors (Lipinski definition) is 1. The van der Waals surface area contributed by atoms with Crippen molar-refractivity contribution in [1.29, 1.82) is 10.5 Å². The van der Waals surface area contributed by atoms with Gasteiger partial charge in [-0.3, -0.25) is 0 Å². The number of benzene rings is 1. The summed E-state index contributed by atoms with van der Waals surface area (Å²) in [5, 5.41) is 17.5. The zero-order chi connectivity index (χ0) is 11.4. The second-order valence-electron chi connectivity index (χ2n) is 2.70. The molecule has 0 aromatic heterocycles. The topological polar surface area (TPSA) is 99.9 Å². The molecule has 0 unspecified atom stereocenters. The van der Waals surface area contributed by atoms with E-state index in [2.05, 4.69) is 4.74 Å². The molecule has 74 valence electrons. The van der Waals surface area contributed by atoms with Crippen LogP contribution in [0.2, 0.25) is 0 Å². The van der Waals surface area contributed by atoms with Crippen molar-refractivity contribution in [2.24, 2.45) is 0 Å². The van der Waals surface area contributed by atoms with Crippen LogP contribution in [0.15, 0.2) is 12.1 Å². The third-order valence-electron chi connectivity index (χ3n) is 1.84. The van der Waals surface area contributed by atoms with Gasteiger partial charge in [0.25, 0.3) is 0 Å². The number of nitriles is 2. The Morgan fingerprint density at radius 1 is 1.33 bits per heavy atom. The maximum absolute atomic E-state index is 11.2. The molecule has 0 aliphatic heterocycles. The van der Waals surface area contributed by atoms with Gasteiger partial charge in [-0.2, -0.15) is 10.5 Å². The van der Waals surface area contributed by atoms with E-state index in [1.165, 1.54) is 19.2 Å². The minimum Gasteiger partial charge on any atom is -0.465 e. The summed E-state index contributed by atoms with van der Waals surface area (Å²) in [4.78, 5) is 11.2. The molecule has 0 radical (unpaired) electrons. The van der Waals surface area contributed by atoms with Crippen molar-refractivity contribution in [3.05, 3.63) is 28.8 Å². The lowest BCUT2D eigenvalue weighted by molar-refractivity contribution is 0.0600. The molecule has 1 aromatic carbocycles. The molecule has 5 nitrogen and oxygen atoms in total. The van der Waals surface area contributed by atoms with E-state index in [0.717, 1.165) is 0 Å². The van der Waals surface area contributed by atoms with Crippen molar-refractivity contribution in [3.8, 4) is 12.1 Å². The summed E-state index contributed by atoms with van der Waals surface area (Å²) in [6.07, 6.45) is 0. The number of carbonyl (C=O) groups is 1. The molecule has 0 spiro atoms. The highest BCUT2D eigenvalue weighted by molar-refractivity contribution is 5.91. The van der Waals surface area contributed by atoms with Crippen molar-refractivity contribution >= 4 is 11.7 Å². The summed E-state index contributed by atoms with van der Waals surface area (Å²) < 4.78 is 4.48. The second kappa shape index (κ2) is 4.12. The fourth-order valence-corrected chi connectivity index (χ4v) is 1.07. The lowest BCUT2D eigenvalue weighted by Crippen LogP contribution is -2.04. The fraction of sp³-hybridized carbons (Fsp3) is 0.100. The Hall–Kier alpha value is -2.53. The van der Waals surface area contributed by atoms with Gasteiger partial charge in [-0.1, -0.05) is 0 Å². The number of esters is 1. The Balaban J connectivity index is 3.43. The van der Waals surface area contributed by atoms with Gasteiger partial charge in [0.2, 0.25) is 0 Å². The molecule has 2 N–H and O–H groups in total. The van der Waals surface area contributed by atoms with E-state index in [4.69, 9.17) is 16.3 Å². The molecule has 15 heavy (non-hydrogen) atoms. The molecule has 0 bridgehead atoms. The zero-order valence-electron chi connectivity index (χ0n) is 7.94. The number of ether oxygens (including phenoxy) is 1. The molecule has 1 rings (SSSR count). The molecule has 5 heteroatoms. The largest absolute Gasteiger partial charge is 0.465 e. The number of nitrogen functional groups attached to an aromatic ring is 1. The first-order valence-electron chi connectivity index (χ1n) is 3.96. The number of anilines is 1. The Morgan fingerprint density at radius 3 is 2.13 bits per heavy atom. The molecule has 0 fully saturated rings. The molecular weight excluding hydrogens is 194 g/mol. The molecule has 0 atom stereocenters. The molecule has 1 aromatic rings. The smallest absolute Gasteiger partial charge is 0.337 e. The SMILES string of the molecule is COC(=O)c1cc(C#N)c(N)c(C#N)c1. The summed E-state index contributed by atoms with van der Waals surface area (Å²) in [6.45, 7) is 0. The predicted molar refractivity (Wildman–Crippen MR) is 51.6 cm³/mol. The summed E-state index contributed by atoms with van der Waals surface area (Å²) in [6, 6.07) is 6.20. The van der Waals surface area contributed by atoms with E-state index < -0.39 is 5.97 Å². The van der Waals surface area contributed by atoms with Gasteiger partial charge in [-0.15, -0.1) is 0 Å². The molecule has 0 aliphatic carbocycles. The minimum atomic E-state index is -0.608. The maximum Gasteiger partial charge on any atom is 0.337 e. The third kappa shape index (κ3) is 1.87. The standard InChI is InChI=1S/C10H7N3O2/c1-15-10(14)6-2-7(4-11)9(13)8(3-6)5-12/h2-3H,13H2,1H3. The summed E-state index contributed by atoms with van der Waals surface area (Å²) in [5.74, 6) is -0.608. The Bertz CT molecular complexity index is 459. The molecule has 0 saturated heterocycles. The summed E-state index contributed by atoms with van der Waals surface area (Å²) in [5.41, 5.74) is 5.92. The molecule has 0 amide bonds. The molecule has 0 aliphatic rings. The number of nitrogens with two attached hydrogens (primary N) is 1. The average Bonchev–Trinajstić information content (AvgIpc) is 2.28. The van der Waals surface area contributed by atoms with E-state index in [9.17, 15) is 4.79 Å². The van der Waals surface area contributed by atoms with E-state index in [-0.39, 0.29) is 22.4 Å². The molecular formula is C10H7N3O2. The first kappa shape index (κ1) is 10.6. The highest BCUT2D eigenvalue weighted by Crippen LogP contribution is 2.19. The molecule has 0 heterocycles. The van der Waals surface area contributed by atoms with Gasteiger partial charge >= 0.3 is 5.97 Å². The quantitative estimate of drug-likeness (QED) is 0.535. The second-order valence-corrected chi connectivity index (χ2v) is 2.70. The van der Waals surface area contributed by atoms with Crippen LogP contribution in [0, 0.1) is 22.7 Å². The van der Waals surface area contributed by atoms with Gasteiger partial charge in [0, 0.05) is 0 Å². The number of methoxy groups -OCH3 is 1. The van der Waals surface area contributed by atoms with Crippen LogP contribution in [0.3, 0.4) is 0 Å². The van der Waals surface area contributed by atoms with Crippen LogP contribution in [-0.2, 0) is 4.74 Å². The highest BCUT2D eigenvalue weighted by Gasteiger charge is 2.12. The number of rotatable bonds is 1. The van der Waals surface area contributed by atoms with Crippen LogP contribution >= 0.6 is 0 Å². The van der Waals surface area contributed by atoms with E-state index in [1.54, 1.807) is 12.1 Å². The van der Waals surface area contributed by atoms with Crippen LogP contribution in [0.4, 0.5) is 5.69 Å². The van der Waals surface area contributed by atoms with Gasteiger partial charge in [0.05, 0.1) is 29.5 Å². The lowest BCUT2D eigenvalue weighted by atomic mass is 10.0. The Labute approximate surface area is 86.3 Å². The van der Waals surface area contributed by atoms with Crippen LogP contribution in [0.1, 0.15) is 21.5 Å². The summed E-state index contributed by atoms with van der Waals surface area (Å²) in [7, 11) is 1.22. The maximum atomic E-state index is 11.2. The van der Waals surface area contributed by atoms with Crippen molar-refractivity contribution in [2.75, 3.05) is 12.8 Å². The lowest BCUT2D eigenvalue weighted by Gasteiger charge is -2.03. The number of hydrogen-bond acceptors (Lipinski definition) is 5. The van der Waals surface area contributed by atoms with Gasteiger partial charge in [-0.05, 0) is 12.1 Å².